The second-order valence-electron chi connectivity index (χ2n) is 12.0. The number of amides is 2. The van der Waals surface area contributed by atoms with Gasteiger partial charge in [0.2, 0.25) is 11.8 Å². The third-order valence-corrected chi connectivity index (χ3v) is 9.67. The van der Waals surface area contributed by atoms with E-state index in [0.717, 1.165) is 89.7 Å². The molecule has 0 aliphatic carbocycles. The molecule has 2 aromatic heterocycles. The van der Waals surface area contributed by atoms with Crippen LogP contribution in [-0.4, -0.2) is 113 Å². The lowest BCUT2D eigenvalue weighted by Gasteiger charge is -2.37. The predicted molar refractivity (Wildman–Crippen MR) is 174 cm³/mol. The van der Waals surface area contributed by atoms with E-state index in [2.05, 4.69) is 57.3 Å². The standard InChI is InChI=1S/C32H41N9O3S/c1-23-34-28(36-32-33-20-26(22-42)45-32)19-29(35-23)41-17-15-39(16-18-41)10-2-9-38-11-13-40(14-12-38)21-24-3-5-25(6-4-24)27-7-8-30(43)37-31(27)44/h3-6,19-20,22,27H,2,7-18,21H2,1H3,(H,37,43,44)(H,33,34,35,36). The Bertz CT molecular complexity index is 1480. The summed E-state index contributed by atoms with van der Waals surface area (Å²) in [6, 6.07) is 10.3. The number of piperidine rings is 1. The first-order chi connectivity index (χ1) is 21.9. The van der Waals surface area contributed by atoms with E-state index in [1.54, 1.807) is 6.20 Å². The molecule has 3 aromatic rings. The summed E-state index contributed by atoms with van der Waals surface area (Å²) < 4.78 is 0. The van der Waals surface area contributed by atoms with Crippen molar-refractivity contribution < 1.29 is 14.4 Å². The van der Waals surface area contributed by atoms with Gasteiger partial charge in [-0.25, -0.2) is 15.0 Å². The van der Waals surface area contributed by atoms with Gasteiger partial charge in [0.25, 0.3) is 0 Å². The summed E-state index contributed by atoms with van der Waals surface area (Å²) in [5.74, 6) is 1.73. The van der Waals surface area contributed by atoms with Crippen LogP contribution in [0.15, 0.2) is 36.5 Å². The highest BCUT2D eigenvalue weighted by Crippen LogP contribution is 2.26. The van der Waals surface area contributed by atoms with Crippen molar-refractivity contribution in [3.8, 4) is 0 Å². The maximum Gasteiger partial charge on any atom is 0.234 e. The van der Waals surface area contributed by atoms with E-state index in [-0.39, 0.29) is 17.7 Å². The molecule has 5 heterocycles. The second-order valence-corrected chi connectivity index (χ2v) is 13.1. The number of imide groups is 1. The van der Waals surface area contributed by atoms with Gasteiger partial charge in [-0.1, -0.05) is 35.6 Å². The maximum atomic E-state index is 12.2. The third kappa shape index (κ3) is 8.28. The maximum absolute atomic E-state index is 12.2. The summed E-state index contributed by atoms with van der Waals surface area (Å²) in [6.07, 6.45) is 4.52. The number of benzene rings is 1. The molecule has 0 radical (unpaired) electrons. The minimum absolute atomic E-state index is 0.173. The molecule has 1 unspecified atom stereocenters. The van der Waals surface area contributed by atoms with Gasteiger partial charge in [-0.3, -0.25) is 29.5 Å². The Morgan fingerprint density at radius 3 is 2.31 bits per heavy atom. The lowest BCUT2D eigenvalue weighted by atomic mass is 9.90. The van der Waals surface area contributed by atoms with Crippen molar-refractivity contribution >= 4 is 46.2 Å². The zero-order chi connectivity index (χ0) is 31.2. The van der Waals surface area contributed by atoms with Crippen LogP contribution in [0.5, 0.6) is 0 Å². The fourth-order valence-electron chi connectivity index (χ4n) is 6.30. The molecule has 0 bridgehead atoms. The molecule has 13 heteroatoms. The first kappa shape index (κ1) is 31.2. The summed E-state index contributed by atoms with van der Waals surface area (Å²) >= 11 is 1.30. The van der Waals surface area contributed by atoms with Gasteiger partial charge in [0, 0.05) is 71.4 Å². The number of carbonyl (C=O) groups excluding carboxylic acids is 3. The normalized spacial score (nSPS) is 20.3. The summed E-state index contributed by atoms with van der Waals surface area (Å²) in [4.78, 5) is 58.5. The molecule has 3 aliphatic rings. The second kappa shape index (κ2) is 14.5. The van der Waals surface area contributed by atoms with E-state index in [9.17, 15) is 14.4 Å². The van der Waals surface area contributed by atoms with Crippen molar-refractivity contribution in [3.63, 3.8) is 0 Å². The van der Waals surface area contributed by atoms with Crippen molar-refractivity contribution in [1.29, 1.82) is 0 Å². The van der Waals surface area contributed by atoms with Gasteiger partial charge in [-0.2, -0.15) is 0 Å². The van der Waals surface area contributed by atoms with Gasteiger partial charge >= 0.3 is 0 Å². The van der Waals surface area contributed by atoms with Crippen molar-refractivity contribution in [1.82, 2.24) is 35.0 Å². The van der Waals surface area contributed by atoms with Crippen molar-refractivity contribution in [2.45, 2.75) is 38.6 Å². The molecule has 238 valence electrons. The molecule has 1 aromatic carbocycles. The summed E-state index contributed by atoms with van der Waals surface area (Å²) in [5.41, 5.74) is 2.25. The van der Waals surface area contributed by atoms with E-state index in [1.165, 1.54) is 23.3 Å². The molecule has 12 nitrogen and oxygen atoms in total. The van der Waals surface area contributed by atoms with Crippen LogP contribution in [0, 0.1) is 6.92 Å². The number of hydrogen-bond donors (Lipinski definition) is 2. The van der Waals surface area contributed by atoms with Crippen molar-refractivity contribution in [3.05, 3.63) is 58.4 Å². The molecule has 1 atom stereocenters. The number of aromatic nitrogens is 3. The lowest BCUT2D eigenvalue weighted by molar-refractivity contribution is -0.134. The summed E-state index contributed by atoms with van der Waals surface area (Å²) in [6.45, 7) is 13.2. The number of aldehydes is 1. The first-order valence-electron chi connectivity index (χ1n) is 15.8. The van der Waals surface area contributed by atoms with Gasteiger partial charge in [0.05, 0.1) is 17.0 Å². The molecule has 0 spiro atoms. The molecule has 6 rings (SSSR count). The largest absolute Gasteiger partial charge is 0.354 e. The van der Waals surface area contributed by atoms with E-state index in [0.29, 0.717) is 34.5 Å². The number of rotatable bonds is 11. The molecular formula is C32H41N9O3S. The van der Waals surface area contributed by atoms with Crippen LogP contribution in [0.1, 0.15) is 51.8 Å². The number of anilines is 3. The zero-order valence-corrected chi connectivity index (χ0v) is 26.6. The average Bonchev–Trinajstić information content (AvgIpc) is 3.50. The Balaban J connectivity index is 0.882. The van der Waals surface area contributed by atoms with E-state index < -0.39 is 0 Å². The number of piperazine rings is 2. The van der Waals surface area contributed by atoms with Gasteiger partial charge in [-0.05, 0) is 44.0 Å². The van der Waals surface area contributed by atoms with Gasteiger partial charge in [0.1, 0.15) is 17.5 Å². The Labute approximate surface area is 267 Å². The smallest absolute Gasteiger partial charge is 0.234 e. The van der Waals surface area contributed by atoms with Crippen LogP contribution in [0.3, 0.4) is 0 Å². The predicted octanol–water partition coefficient (Wildman–Crippen LogP) is 2.65. The van der Waals surface area contributed by atoms with E-state index in [4.69, 9.17) is 0 Å². The molecule has 3 aliphatic heterocycles. The zero-order valence-electron chi connectivity index (χ0n) is 25.8. The number of nitrogens with zero attached hydrogens (tertiary/aromatic N) is 7. The molecule has 0 saturated carbocycles. The first-order valence-corrected chi connectivity index (χ1v) is 16.6. The molecule has 2 amide bonds. The summed E-state index contributed by atoms with van der Waals surface area (Å²) in [5, 5.41) is 6.31. The van der Waals surface area contributed by atoms with E-state index in [1.807, 2.05) is 25.1 Å². The van der Waals surface area contributed by atoms with Crippen LogP contribution in [-0.2, 0) is 16.1 Å². The summed E-state index contributed by atoms with van der Waals surface area (Å²) in [7, 11) is 0. The number of nitrogens with one attached hydrogen (secondary N) is 2. The van der Waals surface area contributed by atoms with E-state index >= 15 is 0 Å². The Morgan fingerprint density at radius 1 is 0.956 bits per heavy atom. The van der Waals surface area contributed by atoms with Crippen LogP contribution in [0.25, 0.3) is 0 Å². The highest BCUT2D eigenvalue weighted by Gasteiger charge is 2.28. The SMILES string of the molecule is Cc1nc(Nc2ncc(C=O)s2)cc(N2CCN(CCCN3CCN(Cc4ccc(C5CCC(=O)NC5=O)cc4)CC3)CC2)n1. The Kier molecular flexibility index (Phi) is 10.1. The fourth-order valence-corrected chi connectivity index (χ4v) is 6.94. The number of carbonyl (C=O) groups is 3. The van der Waals surface area contributed by atoms with Crippen LogP contribution >= 0.6 is 11.3 Å². The van der Waals surface area contributed by atoms with Crippen molar-refractivity contribution in [2.24, 2.45) is 0 Å². The van der Waals surface area contributed by atoms with Gasteiger partial charge in [-0.15, -0.1) is 0 Å². The van der Waals surface area contributed by atoms with Gasteiger partial charge in [0.15, 0.2) is 11.4 Å². The number of hydrogen-bond acceptors (Lipinski definition) is 12. The molecule has 3 saturated heterocycles. The monoisotopic (exact) mass is 631 g/mol. The quantitative estimate of drug-likeness (QED) is 0.240. The fraction of sp³-hybridized carbons (Fsp3) is 0.500. The Morgan fingerprint density at radius 2 is 1.64 bits per heavy atom. The van der Waals surface area contributed by atoms with Crippen LogP contribution < -0.4 is 15.5 Å². The molecule has 2 N–H and O–H groups in total. The van der Waals surface area contributed by atoms with Gasteiger partial charge < -0.3 is 15.1 Å². The average molecular weight is 632 g/mol. The molecular weight excluding hydrogens is 590 g/mol. The molecule has 45 heavy (non-hydrogen) atoms. The number of aryl methyl sites for hydroxylation is 1. The minimum Gasteiger partial charge on any atom is -0.354 e. The highest BCUT2D eigenvalue weighted by molar-refractivity contribution is 7.17. The van der Waals surface area contributed by atoms with Crippen LogP contribution in [0.2, 0.25) is 0 Å². The third-order valence-electron chi connectivity index (χ3n) is 8.84. The number of thiazole rings is 1. The topological polar surface area (TPSA) is 127 Å². The van der Waals surface area contributed by atoms with Crippen LogP contribution in [0.4, 0.5) is 16.8 Å². The Hall–Kier alpha value is -3.78. The lowest BCUT2D eigenvalue weighted by Crippen LogP contribution is -2.48. The highest BCUT2D eigenvalue weighted by atomic mass is 32.1. The molecule has 3 fully saturated rings. The minimum atomic E-state index is -0.224. The van der Waals surface area contributed by atoms with Crippen molar-refractivity contribution in [2.75, 3.05) is 75.7 Å².